The van der Waals surface area contributed by atoms with Crippen molar-refractivity contribution in [3.8, 4) is 0 Å². The maximum atomic E-state index is 10.9. The molecule has 0 bridgehead atoms. The molecule has 0 aromatic heterocycles. The summed E-state index contributed by atoms with van der Waals surface area (Å²) < 4.78 is 0. The molecule has 0 unspecified atom stereocenters. The molecule has 0 amide bonds. The van der Waals surface area contributed by atoms with Gasteiger partial charge in [0.15, 0.2) is 0 Å². The summed E-state index contributed by atoms with van der Waals surface area (Å²) in [6.07, 6.45) is 0. The zero-order valence-corrected chi connectivity index (χ0v) is 11.8. The lowest BCUT2D eigenvalue weighted by molar-refractivity contribution is 0.0698. The molecule has 0 saturated carbocycles. The van der Waals surface area contributed by atoms with E-state index >= 15 is 0 Å². The first kappa shape index (κ1) is 13.9. The molecule has 4 heteroatoms. The first-order chi connectivity index (χ1) is 9.38. The molecule has 0 saturated heterocycles. The Kier molecular flexibility index (Phi) is 3.66. The van der Waals surface area contributed by atoms with Gasteiger partial charge in [-0.3, -0.25) is 0 Å². The minimum atomic E-state index is -1.02. The molecule has 0 aliphatic carbocycles. The van der Waals surface area contributed by atoms with Gasteiger partial charge in [-0.05, 0) is 50.1 Å². The summed E-state index contributed by atoms with van der Waals surface area (Å²) in [5, 5.41) is 12.3. The fourth-order valence-corrected chi connectivity index (χ4v) is 2.36. The van der Waals surface area contributed by atoms with E-state index in [1.165, 1.54) is 11.6 Å². The lowest BCUT2D eigenvalue weighted by Crippen LogP contribution is -2.03. The number of nitrogen functional groups attached to an aromatic ring is 1. The van der Waals surface area contributed by atoms with Crippen LogP contribution in [0.3, 0.4) is 0 Å². The standard InChI is InChI=1S/C16H18N2O2/c1-9-6-10(2)15(11(3)7-9)18-12-4-5-13(16(19)20)14(17)8-12/h4-8,18H,17H2,1-3H3,(H,19,20). The first-order valence-electron chi connectivity index (χ1n) is 6.36. The minimum Gasteiger partial charge on any atom is -0.478 e. The number of rotatable bonds is 3. The van der Waals surface area contributed by atoms with E-state index in [4.69, 9.17) is 10.8 Å². The molecule has 20 heavy (non-hydrogen) atoms. The number of carboxylic acid groups (broad SMARTS) is 1. The molecule has 2 aromatic carbocycles. The number of carbonyl (C=O) groups is 1. The number of benzene rings is 2. The Labute approximate surface area is 118 Å². The lowest BCUT2D eigenvalue weighted by atomic mass is 10.0. The van der Waals surface area contributed by atoms with Crippen LogP contribution in [0.4, 0.5) is 17.1 Å². The summed E-state index contributed by atoms with van der Waals surface area (Å²) in [6.45, 7) is 6.14. The second-order valence-electron chi connectivity index (χ2n) is 5.01. The van der Waals surface area contributed by atoms with Gasteiger partial charge in [-0.15, -0.1) is 0 Å². The van der Waals surface area contributed by atoms with Crippen LogP contribution in [-0.4, -0.2) is 11.1 Å². The van der Waals surface area contributed by atoms with Crippen molar-refractivity contribution < 1.29 is 9.90 Å². The molecular formula is C16H18N2O2. The van der Waals surface area contributed by atoms with Crippen molar-refractivity contribution in [1.82, 2.24) is 0 Å². The maximum absolute atomic E-state index is 10.9. The quantitative estimate of drug-likeness (QED) is 0.744. The summed E-state index contributed by atoms with van der Waals surface area (Å²) in [5.41, 5.74) is 11.4. The Morgan fingerprint density at radius 1 is 1.10 bits per heavy atom. The molecule has 0 atom stereocenters. The Morgan fingerprint density at radius 2 is 1.70 bits per heavy atom. The fraction of sp³-hybridized carbons (Fsp3) is 0.188. The Bertz CT molecular complexity index is 655. The zero-order chi connectivity index (χ0) is 14.9. The Morgan fingerprint density at radius 3 is 2.20 bits per heavy atom. The van der Waals surface area contributed by atoms with Crippen LogP contribution >= 0.6 is 0 Å². The van der Waals surface area contributed by atoms with Gasteiger partial charge in [0.25, 0.3) is 0 Å². The lowest BCUT2D eigenvalue weighted by Gasteiger charge is -2.14. The number of aryl methyl sites for hydroxylation is 3. The van der Waals surface area contributed by atoms with E-state index in [0.717, 1.165) is 22.5 Å². The smallest absolute Gasteiger partial charge is 0.337 e. The largest absolute Gasteiger partial charge is 0.478 e. The van der Waals surface area contributed by atoms with E-state index in [0.29, 0.717) is 0 Å². The Balaban J connectivity index is 2.36. The van der Waals surface area contributed by atoms with E-state index in [1.807, 2.05) is 13.8 Å². The van der Waals surface area contributed by atoms with E-state index in [1.54, 1.807) is 12.1 Å². The molecule has 0 aliphatic rings. The molecule has 0 aliphatic heterocycles. The van der Waals surface area contributed by atoms with Gasteiger partial charge in [0.05, 0.1) is 5.56 Å². The molecule has 4 N–H and O–H groups in total. The monoisotopic (exact) mass is 270 g/mol. The van der Waals surface area contributed by atoms with Crippen LogP contribution < -0.4 is 11.1 Å². The van der Waals surface area contributed by atoms with E-state index in [2.05, 4.69) is 24.4 Å². The summed E-state index contributed by atoms with van der Waals surface area (Å²) in [7, 11) is 0. The minimum absolute atomic E-state index is 0.118. The second kappa shape index (κ2) is 5.25. The molecule has 0 fully saturated rings. The molecule has 4 nitrogen and oxygen atoms in total. The van der Waals surface area contributed by atoms with Crippen LogP contribution in [0.25, 0.3) is 0 Å². The summed E-state index contributed by atoms with van der Waals surface area (Å²) in [4.78, 5) is 10.9. The molecule has 2 aromatic rings. The van der Waals surface area contributed by atoms with Crippen LogP contribution in [0.2, 0.25) is 0 Å². The van der Waals surface area contributed by atoms with Crippen molar-refractivity contribution in [2.45, 2.75) is 20.8 Å². The molecule has 0 radical (unpaired) electrons. The number of carboxylic acids is 1. The second-order valence-corrected chi connectivity index (χ2v) is 5.01. The van der Waals surface area contributed by atoms with Crippen molar-refractivity contribution >= 4 is 23.0 Å². The average Bonchev–Trinajstić information content (AvgIpc) is 2.33. The highest BCUT2D eigenvalue weighted by atomic mass is 16.4. The van der Waals surface area contributed by atoms with Gasteiger partial charge in [-0.2, -0.15) is 0 Å². The highest BCUT2D eigenvalue weighted by Gasteiger charge is 2.09. The zero-order valence-electron chi connectivity index (χ0n) is 11.8. The first-order valence-corrected chi connectivity index (χ1v) is 6.36. The Hall–Kier alpha value is -2.49. The normalized spacial score (nSPS) is 10.3. The molecule has 104 valence electrons. The number of hydrogen-bond acceptors (Lipinski definition) is 3. The van der Waals surface area contributed by atoms with E-state index < -0.39 is 5.97 Å². The molecular weight excluding hydrogens is 252 g/mol. The highest BCUT2D eigenvalue weighted by Crippen LogP contribution is 2.27. The van der Waals surface area contributed by atoms with Crippen molar-refractivity contribution in [3.05, 3.63) is 52.6 Å². The number of nitrogens with two attached hydrogens (primary N) is 1. The van der Waals surface area contributed by atoms with Gasteiger partial charge in [-0.1, -0.05) is 17.7 Å². The van der Waals surface area contributed by atoms with Crippen molar-refractivity contribution in [2.75, 3.05) is 11.1 Å². The fourth-order valence-electron chi connectivity index (χ4n) is 2.36. The number of hydrogen-bond donors (Lipinski definition) is 3. The van der Waals surface area contributed by atoms with Crippen molar-refractivity contribution in [2.24, 2.45) is 0 Å². The predicted octanol–water partition coefficient (Wildman–Crippen LogP) is 3.64. The predicted molar refractivity (Wildman–Crippen MR) is 81.7 cm³/mol. The van der Waals surface area contributed by atoms with Crippen LogP contribution in [0, 0.1) is 20.8 Å². The number of nitrogens with one attached hydrogen (secondary N) is 1. The van der Waals surface area contributed by atoms with Gasteiger partial charge in [0.1, 0.15) is 0 Å². The maximum Gasteiger partial charge on any atom is 0.337 e. The van der Waals surface area contributed by atoms with Gasteiger partial charge in [0.2, 0.25) is 0 Å². The highest BCUT2D eigenvalue weighted by molar-refractivity contribution is 5.94. The van der Waals surface area contributed by atoms with Gasteiger partial charge in [-0.25, -0.2) is 4.79 Å². The third-order valence-electron chi connectivity index (χ3n) is 3.23. The summed E-state index contributed by atoms with van der Waals surface area (Å²) >= 11 is 0. The molecule has 2 rings (SSSR count). The van der Waals surface area contributed by atoms with Crippen LogP contribution in [0.5, 0.6) is 0 Å². The van der Waals surface area contributed by atoms with Crippen molar-refractivity contribution in [3.63, 3.8) is 0 Å². The van der Waals surface area contributed by atoms with Gasteiger partial charge < -0.3 is 16.2 Å². The van der Waals surface area contributed by atoms with Crippen LogP contribution in [0.15, 0.2) is 30.3 Å². The van der Waals surface area contributed by atoms with E-state index in [-0.39, 0.29) is 11.3 Å². The van der Waals surface area contributed by atoms with E-state index in [9.17, 15) is 4.79 Å². The van der Waals surface area contributed by atoms with Gasteiger partial charge in [0, 0.05) is 17.1 Å². The third-order valence-corrected chi connectivity index (χ3v) is 3.23. The van der Waals surface area contributed by atoms with Gasteiger partial charge >= 0.3 is 5.97 Å². The topological polar surface area (TPSA) is 75.3 Å². The average molecular weight is 270 g/mol. The SMILES string of the molecule is Cc1cc(C)c(Nc2ccc(C(=O)O)c(N)c2)c(C)c1. The number of anilines is 3. The van der Waals surface area contributed by atoms with Crippen LogP contribution in [-0.2, 0) is 0 Å². The number of aromatic carboxylic acids is 1. The summed E-state index contributed by atoms with van der Waals surface area (Å²) in [6, 6.07) is 9.08. The third kappa shape index (κ3) is 2.74. The van der Waals surface area contributed by atoms with Crippen LogP contribution in [0.1, 0.15) is 27.0 Å². The summed E-state index contributed by atoms with van der Waals surface area (Å²) in [5.74, 6) is -1.02. The molecule has 0 heterocycles. The van der Waals surface area contributed by atoms with Crippen molar-refractivity contribution in [1.29, 1.82) is 0 Å². The molecule has 0 spiro atoms.